The molecule has 5 nitrogen and oxygen atoms in total. The summed E-state index contributed by atoms with van der Waals surface area (Å²) < 4.78 is 24.4. The van der Waals surface area contributed by atoms with Crippen molar-refractivity contribution in [3.8, 4) is 0 Å². The number of halogens is 2. The highest BCUT2D eigenvalue weighted by molar-refractivity contribution is 5.72. The first-order valence-corrected chi connectivity index (χ1v) is 3.45. The van der Waals surface area contributed by atoms with Crippen molar-refractivity contribution in [1.82, 2.24) is 4.98 Å². The zero-order valence-corrected chi connectivity index (χ0v) is 6.68. The topological polar surface area (TPSA) is 73.1 Å². The van der Waals surface area contributed by atoms with E-state index < -0.39 is 22.7 Å². The fraction of sp³-hybridized carbons (Fsp3) is 0.143. The Balaban J connectivity index is 3.31. The van der Waals surface area contributed by atoms with Gasteiger partial charge in [-0.15, -0.1) is 0 Å². The fourth-order valence-electron chi connectivity index (χ4n) is 0.856. The van der Waals surface area contributed by atoms with Crippen molar-refractivity contribution in [2.75, 3.05) is 0 Å². The Morgan fingerprint density at radius 1 is 1.50 bits per heavy atom. The second-order valence-corrected chi connectivity index (χ2v) is 2.32. The maximum Gasteiger partial charge on any atom is 0.373 e. The number of nitro groups is 1. The third kappa shape index (κ3) is 1.87. The van der Waals surface area contributed by atoms with Crippen LogP contribution < -0.4 is 0 Å². The number of carbonyl (C=O) groups is 1. The highest BCUT2D eigenvalue weighted by atomic mass is 19.3. The van der Waals surface area contributed by atoms with Crippen molar-refractivity contribution in [2.45, 2.75) is 6.43 Å². The van der Waals surface area contributed by atoms with E-state index in [4.69, 9.17) is 0 Å². The van der Waals surface area contributed by atoms with Crippen LogP contribution in [-0.4, -0.2) is 16.2 Å². The van der Waals surface area contributed by atoms with Gasteiger partial charge in [-0.05, 0) is 22.0 Å². The number of aromatic nitrogens is 1. The molecule has 0 aliphatic rings. The van der Waals surface area contributed by atoms with E-state index in [2.05, 4.69) is 4.98 Å². The summed E-state index contributed by atoms with van der Waals surface area (Å²) in [5, 5.41) is 10.3. The molecule has 0 radical (unpaired) electrons. The first-order chi connectivity index (χ1) is 6.56. The Hall–Kier alpha value is -1.92. The first-order valence-electron chi connectivity index (χ1n) is 3.45. The lowest BCUT2D eigenvalue weighted by Crippen LogP contribution is -2.01. The lowest BCUT2D eigenvalue weighted by atomic mass is 10.2. The molecular formula is C7H4F2N2O3. The Morgan fingerprint density at radius 3 is 2.57 bits per heavy atom. The van der Waals surface area contributed by atoms with Crippen LogP contribution in [0.4, 0.5) is 14.6 Å². The molecule has 0 saturated heterocycles. The average Bonchev–Trinajstić information content (AvgIpc) is 2.16. The Bertz CT molecular complexity index is 381. The molecule has 0 atom stereocenters. The first kappa shape index (κ1) is 10.2. The van der Waals surface area contributed by atoms with Gasteiger partial charge in [0, 0.05) is 0 Å². The van der Waals surface area contributed by atoms with Gasteiger partial charge in [-0.3, -0.25) is 4.79 Å². The Morgan fingerprint density at radius 2 is 2.14 bits per heavy atom. The number of aldehydes is 1. The van der Waals surface area contributed by atoms with Crippen LogP contribution in [0, 0.1) is 10.1 Å². The molecule has 0 saturated carbocycles. The molecule has 0 spiro atoms. The monoisotopic (exact) mass is 202 g/mol. The highest BCUT2D eigenvalue weighted by Gasteiger charge is 2.23. The van der Waals surface area contributed by atoms with Crippen LogP contribution in [0.1, 0.15) is 22.5 Å². The van der Waals surface area contributed by atoms with Crippen LogP contribution in [0.2, 0.25) is 0 Å². The summed E-state index contributed by atoms with van der Waals surface area (Å²) in [5.41, 5.74) is -1.04. The predicted molar refractivity (Wildman–Crippen MR) is 41.2 cm³/mol. The van der Waals surface area contributed by atoms with Gasteiger partial charge < -0.3 is 10.1 Å². The molecule has 0 aliphatic heterocycles. The summed E-state index contributed by atoms with van der Waals surface area (Å²) in [6, 6.07) is 1.82. The number of alkyl halides is 2. The fourth-order valence-corrected chi connectivity index (χ4v) is 0.856. The van der Waals surface area contributed by atoms with Crippen molar-refractivity contribution < 1.29 is 18.5 Å². The van der Waals surface area contributed by atoms with Gasteiger partial charge in [0.2, 0.25) is 5.69 Å². The maximum absolute atomic E-state index is 12.2. The number of nitrogens with zero attached hydrogens (tertiary/aromatic N) is 2. The van der Waals surface area contributed by atoms with Gasteiger partial charge in [0.1, 0.15) is 5.56 Å². The number of hydrogen-bond acceptors (Lipinski definition) is 4. The number of hydrogen-bond donors (Lipinski definition) is 0. The van der Waals surface area contributed by atoms with Crippen LogP contribution in [0.5, 0.6) is 0 Å². The lowest BCUT2D eigenvalue weighted by molar-refractivity contribution is -0.391. The summed E-state index contributed by atoms with van der Waals surface area (Å²) in [5.74, 6) is -0.982. The van der Waals surface area contributed by atoms with E-state index in [0.717, 1.165) is 12.1 Å². The summed E-state index contributed by atoms with van der Waals surface area (Å²) in [7, 11) is 0. The molecule has 0 unspecified atom stereocenters. The summed E-state index contributed by atoms with van der Waals surface area (Å²) in [6.45, 7) is 0. The SMILES string of the molecule is O=Cc1ccc(C(F)F)c([N+](=O)[O-])n1. The van der Waals surface area contributed by atoms with E-state index in [-0.39, 0.29) is 12.0 Å². The molecule has 1 aromatic rings. The zero-order chi connectivity index (χ0) is 10.7. The third-order valence-corrected chi connectivity index (χ3v) is 1.46. The van der Waals surface area contributed by atoms with Crippen molar-refractivity contribution in [3.05, 3.63) is 33.5 Å². The predicted octanol–water partition coefficient (Wildman–Crippen LogP) is 1.74. The van der Waals surface area contributed by atoms with Gasteiger partial charge in [0.05, 0.1) is 0 Å². The molecule has 0 fully saturated rings. The molecule has 0 aliphatic carbocycles. The smallest absolute Gasteiger partial charge is 0.358 e. The van der Waals surface area contributed by atoms with Gasteiger partial charge >= 0.3 is 5.82 Å². The van der Waals surface area contributed by atoms with E-state index in [1.165, 1.54) is 0 Å². The van der Waals surface area contributed by atoms with Crippen molar-refractivity contribution in [3.63, 3.8) is 0 Å². The van der Waals surface area contributed by atoms with Gasteiger partial charge in [0.15, 0.2) is 6.29 Å². The molecule has 0 bridgehead atoms. The molecule has 0 N–H and O–H groups in total. The lowest BCUT2D eigenvalue weighted by Gasteiger charge is -1.99. The van der Waals surface area contributed by atoms with E-state index in [1.54, 1.807) is 0 Å². The minimum atomic E-state index is -2.98. The van der Waals surface area contributed by atoms with Crippen LogP contribution in [0.15, 0.2) is 12.1 Å². The molecule has 1 rings (SSSR count). The van der Waals surface area contributed by atoms with Crippen molar-refractivity contribution in [1.29, 1.82) is 0 Å². The highest BCUT2D eigenvalue weighted by Crippen LogP contribution is 2.26. The van der Waals surface area contributed by atoms with Gasteiger partial charge in [-0.25, -0.2) is 8.78 Å². The largest absolute Gasteiger partial charge is 0.373 e. The second-order valence-electron chi connectivity index (χ2n) is 2.32. The van der Waals surface area contributed by atoms with Crippen LogP contribution >= 0.6 is 0 Å². The summed E-state index contributed by atoms with van der Waals surface area (Å²) >= 11 is 0. The summed E-state index contributed by atoms with van der Waals surface area (Å²) in [4.78, 5) is 22.6. The molecule has 0 aromatic carbocycles. The minimum Gasteiger partial charge on any atom is -0.358 e. The molecule has 7 heteroatoms. The second kappa shape index (κ2) is 3.86. The molecular weight excluding hydrogens is 198 g/mol. The van der Waals surface area contributed by atoms with Crippen molar-refractivity contribution in [2.24, 2.45) is 0 Å². The standard InChI is InChI=1S/C7H4F2N2O3/c8-6(9)5-2-1-4(3-12)10-7(5)11(13)14/h1-3,6H. The Labute approximate surface area is 76.5 Å². The number of rotatable bonds is 3. The summed E-state index contributed by atoms with van der Waals surface area (Å²) in [6.07, 6.45) is -2.73. The van der Waals surface area contributed by atoms with E-state index >= 15 is 0 Å². The van der Waals surface area contributed by atoms with E-state index in [0.29, 0.717) is 0 Å². The van der Waals surface area contributed by atoms with Crippen LogP contribution in [-0.2, 0) is 0 Å². The van der Waals surface area contributed by atoms with Gasteiger partial charge in [-0.1, -0.05) is 0 Å². The van der Waals surface area contributed by atoms with E-state index in [1.807, 2.05) is 0 Å². The average molecular weight is 202 g/mol. The van der Waals surface area contributed by atoms with Crippen LogP contribution in [0.25, 0.3) is 0 Å². The van der Waals surface area contributed by atoms with E-state index in [9.17, 15) is 23.7 Å². The minimum absolute atomic E-state index is 0.249. The van der Waals surface area contributed by atoms with Crippen LogP contribution in [0.3, 0.4) is 0 Å². The quantitative estimate of drug-likeness (QED) is 0.425. The molecule has 74 valence electrons. The number of carbonyl (C=O) groups excluding carboxylic acids is 1. The zero-order valence-electron chi connectivity index (χ0n) is 6.68. The molecule has 1 heterocycles. The Kier molecular flexibility index (Phi) is 2.80. The normalized spacial score (nSPS) is 10.2. The molecule has 1 aromatic heterocycles. The molecule has 14 heavy (non-hydrogen) atoms. The van der Waals surface area contributed by atoms with Crippen molar-refractivity contribution >= 4 is 12.1 Å². The van der Waals surface area contributed by atoms with Gasteiger partial charge in [-0.2, -0.15) is 0 Å². The maximum atomic E-state index is 12.2. The third-order valence-electron chi connectivity index (χ3n) is 1.46. The number of pyridine rings is 1. The molecule has 0 amide bonds. The van der Waals surface area contributed by atoms with Gasteiger partial charge in [0.25, 0.3) is 6.43 Å².